The van der Waals surface area contributed by atoms with Crippen LogP contribution in [0.5, 0.6) is 0 Å². The summed E-state index contributed by atoms with van der Waals surface area (Å²) < 4.78 is 5.88. The molecule has 0 atom stereocenters. The van der Waals surface area contributed by atoms with Crippen molar-refractivity contribution < 1.29 is 9.53 Å². The van der Waals surface area contributed by atoms with E-state index in [0.717, 1.165) is 37.7 Å². The number of benzene rings is 3. The molecule has 3 nitrogen and oxygen atoms in total. The third kappa shape index (κ3) is 3.02. The second-order valence-corrected chi connectivity index (χ2v) is 6.64. The van der Waals surface area contributed by atoms with E-state index in [2.05, 4.69) is 39.4 Å². The molecule has 4 heteroatoms. The van der Waals surface area contributed by atoms with Gasteiger partial charge in [-0.3, -0.25) is 0 Å². The minimum Gasteiger partial charge on any atom is -0.465 e. The van der Waals surface area contributed by atoms with E-state index in [-0.39, 0.29) is 5.97 Å². The number of carbonyl (C=O) groups excluding carboxylic acids is 1. The van der Waals surface area contributed by atoms with Gasteiger partial charge in [0.15, 0.2) is 0 Å². The summed E-state index contributed by atoms with van der Waals surface area (Å²) in [6.45, 7) is 3.96. The van der Waals surface area contributed by atoms with Gasteiger partial charge in [0, 0.05) is 21.2 Å². The number of aryl methyl sites for hydroxylation is 1. The van der Waals surface area contributed by atoms with Gasteiger partial charge in [-0.25, -0.2) is 4.79 Å². The second-order valence-electron chi connectivity index (χ2n) is 5.72. The lowest BCUT2D eigenvalue weighted by atomic mass is 10.0. The average molecular weight is 384 g/mol. The van der Waals surface area contributed by atoms with Crippen molar-refractivity contribution in [2.24, 2.45) is 0 Å². The van der Waals surface area contributed by atoms with Crippen LogP contribution in [0.25, 0.3) is 10.8 Å². The molecule has 0 aromatic heterocycles. The molecule has 0 spiro atoms. The SMILES string of the molecule is COC(=O)c1ccc(C)c(Nc2cc(Br)cc3ccccc23)c1C. The molecule has 1 N–H and O–H groups in total. The Kier molecular flexibility index (Phi) is 4.58. The lowest BCUT2D eigenvalue weighted by Gasteiger charge is -2.17. The van der Waals surface area contributed by atoms with Gasteiger partial charge in [0.1, 0.15) is 0 Å². The number of methoxy groups -OCH3 is 1. The molecule has 0 radical (unpaired) electrons. The van der Waals surface area contributed by atoms with Crippen LogP contribution in [0.1, 0.15) is 21.5 Å². The first-order chi connectivity index (χ1) is 11.5. The Morgan fingerprint density at radius 1 is 1.08 bits per heavy atom. The molecule has 0 unspecified atom stereocenters. The molecule has 0 saturated heterocycles. The Labute approximate surface area is 149 Å². The lowest BCUT2D eigenvalue weighted by Crippen LogP contribution is -2.07. The summed E-state index contributed by atoms with van der Waals surface area (Å²) >= 11 is 3.57. The maximum Gasteiger partial charge on any atom is 0.338 e. The number of fused-ring (bicyclic) bond motifs is 1. The minimum absolute atomic E-state index is 0.324. The van der Waals surface area contributed by atoms with Crippen LogP contribution in [0.2, 0.25) is 0 Å². The molecular weight excluding hydrogens is 366 g/mol. The number of esters is 1. The first-order valence-electron chi connectivity index (χ1n) is 7.65. The molecule has 3 aromatic carbocycles. The van der Waals surface area contributed by atoms with Crippen molar-refractivity contribution in [2.75, 3.05) is 12.4 Å². The standard InChI is InChI=1S/C20H18BrNO2/c1-12-8-9-16(20(23)24-3)13(2)19(12)22-18-11-15(21)10-14-6-4-5-7-17(14)18/h4-11,22H,1-3H3. The highest BCUT2D eigenvalue weighted by molar-refractivity contribution is 9.10. The third-order valence-electron chi connectivity index (χ3n) is 4.16. The molecule has 3 aromatic rings. The molecule has 0 heterocycles. The fourth-order valence-electron chi connectivity index (χ4n) is 2.88. The Morgan fingerprint density at radius 2 is 1.83 bits per heavy atom. The fraction of sp³-hybridized carbons (Fsp3) is 0.150. The smallest absolute Gasteiger partial charge is 0.338 e. The Balaban J connectivity index is 2.14. The first-order valence-corrected chi connectivity index (χ1v) is 8.44. The zero-order chi connectivity index (χ0) is 17.3. The average Bonchev–Trinajstić information content (AvgIpc) is 2.57. The Morgan fingerprint density at radius 3 is 2.58 bits per heavy atom. The van der Waals surface area contributed by atoms with E-state index >= 15 is 0 Å². The van der Waals surface area contributed by atoms with Gasteiger partial charge in [0.2, 0.25) is 0 Å². The van der Waals surface area contributed by atoms with Crippen LogP contribution in [0.4, 0.5) is 11.4 Å². The van der Waals surface area contributed by atoms with E-state index in [1.807, 2.05) is 38.1 Å². The quantitative estimate of drug-likeness (QED) is 0.585. The molecular formula is C20H18BrNO2. The van der Waals surface area contributed by atoms with Crippen LogP contribution in [-0.4, -0.2) is 13.1 Å². The van der Waals surface area contributed by atoms with Crippen LogP contribution >= 0.6 is 15.9 Å². The zero-order valence-corrected chi connectivity index (χ0v) is 15.4. The van der Waals surface area contributed by atoms with E-state index in [1.54, 1.807) is 6.07 Å². The number of ether oxygens (including phenoxy) is 1. The molecule has 0 aliphatic carbocycles. The number of carbonyl (C=O) groups is 1. The number of rotatable bonds is 3. The topological polar surface area (TPSA) is 38.3 Å². The van der Waals surface area contributed by atoms with Gasteiger partial charge in [-0.15, -0.1) is 0 Å². The van der Waals surface area contributed by atoms with Crippen molar-refractivity contribution in [1.29, 1.82) is 0 Å². The van der Waals surface area contributed by atoms with Crippen molar-refractivity contribution in [3.8, 4) is 0 Å². The Bertz CT molecular complexity index is 934. The normalized spacial score (nSPS) is 10.7. The summed E-state index contributed by atoms with van der Waals surface area (Å²) in [7, 11) is 1.40. The first kappa shape index (κ1) is 16.5. The van der Waals surface area contributed by atoms with Crippen LogP contribution in [0, 0.1) is 13.8 Å². The number of hydrogen-bond acceptors (Lipinski definition) is 3. The van der Waals surface area contributed by atoms with Crippen molar-refractivity contribution in [1.82, 2.24) is 0 Å². The molecule has 0 amide bonds. The van der Waals surface area contributed by atoms with Crippen molar-refractivity contribution in [3.05, 3.63) is 69.7 Å². The highest BCUT2D eigenvalue weighted by Gasteiger charge is 2.15. The number of nitrogens with one attached hydrogen (secondary N) is 1. The number of halogens is 1. The summed E-state index contributed by atoms with van der Waals surface area (Å²) in [6.07, 6.45) is 0. The molecule has 0 aliphatic heterocycles. The van der Waals surface area contributed by atoms with Crippen molar-refractivity contribution in [2.45, 2.75) is 13.8 Å². The van der Waals surface area contributed by atoms with E-state index in [4.69, 9.17) is 4.74 Å². The molecule has 0 saturated carbocycles. The predicted molar refractivity (Wildman–Crippen MR) is 102 cm³/mol. The maximum atomic E-state index is 12.0. The molecule has 0 bridgehead atoms. The predicted octanol–water partition coefficient (Wildman–Crippen LogP) is 5.75. The van der Waals surface area contributed by atoms with Crippen molar-refractivity contribution in [3.63, 3.8) is 0 Å². The van der Waals surface area contributed by atoms with Gasteiger partial charge < -0.3 is 10.1 Å². The van der Waals surface area contributed by atoms with Crippen molar-refractivity contribution >= 4 is 44.0 Å². The highest BCUT2D eigenvalue weighted by atomic mass is 79.9. The minimum atomic E-state index is -0.324. The number of hydrogen-bond donors (Lipinski definition) is 1. The van der Waals surface area contributed by atoms with Gasteiger partial charge in [0.25, 0.3) is 0 Å². The maximum absolute atomic E-state index is 12.0. The van der Waals surface area contributed by atoms with E-state index in [0.29, 0.717) is 5.56 Å². The van der Waals surface area contributed by atoms with Gasteiger partial charge in [-0.05, 0) is 48.6 Å². The molecule has 24 heavy (non-hydrogen) atoms. The fourth-order valence-corrected chi connectivity index (χ4v) is 3.36. The third-order valence-corrected chi connectivity index (χ3v) is 4.62. The summed E-state index contributed by atoms with van der Waals surface area (Å²) in [5.74, 6) is -0.324. The van der Waals surface area contributed by atoms with E-state index in [9.17, 15) is 4.79 Å². The second kappa shape index (κ2) is 6.65. The largest absolute Gasteiger partial charge is 0.465 e. The molecule has 3 rings (SSSR count). The molecule has 0 fully saturated rings. The molecule has 0 aliphatic rings. The molecule has 122 valence electrons. The summed E-state index contributed by atoms with van der Waals surface area (Å²) in [5, 5.41) is 5.78. The lowest BCUT2D eigenvalue weighted by molar-refractivity contribution is 0.0600. The van der Waals surface area contributed by atoms with Gasteiger partial charge in [-0.1, -0.05) is 46.3 Å². The number of anilines is 2. The van der Waals surface area contributed by atoms with Gasteiger partial charge in [0.05, 0.1) is 12.7 Å². The monoisotopic (exact) mass is 383 g/mol. The van der Waals surface area contributed by atoms with Crippen LogP contribution in [-0.2, 0) is 4.74 Å². The van der Waals surface area contributed by atoms with Gasteiger partial charge >= 0.3 is 5.97 Å². The van der Waals surface area contributed by atoms with Crippen LogP contribution in [0.15, 0.2) is 53.0 Å². The van der Waals surface area contributed by atoms with Gasteiger partial charge in [-0.2, -0.15) is 0 Å². The van der Waals surface area contributed by atoms with E-state index < -0.39 is 0 Å². The summed E-state index contributed by atoms with van der Waals surface area (Å²) in [6, 6.07) is 16.1. The Hall–Kier alpha value is -2.33. The zero-order valence-electron chi connectivity index (χ0n) is 13.8. The van der Waals surface area contributed by atoms with Crippen LogP contribution in [0.3, 0.4) is 0 Å². The van der Waals surface area contributed by atoms with E-state index in [1.165, 1.54) is 7.11 Å². The summed E-state index contributed by atoms with van der Waals surface area (Å²) in [4.78, 5) is 12.0. The summed E-state index contributed by atoms with van der Waals surface area (Å²) in [5.41, 5.74) is 4.45. The van der Waals surface area contributed by atoms with Crippen LogP contribution < -0.4 is 5.32 Å². The highest BCUT2D eigenvalue weighted by Crippen LogP contribution is 2.33.